The summed E-state index contributed by atoms with van der Waals surface area (Å²) < 4.78 is 5.25. The molecule has 0 unspecified atom stereocenters. The first-order valence-corrected chi connectivity index (χ1v) is 5.53. The normalized spacial score (nSPS) is 14.3. The highest BCUT2D eigenvalue weighted by molar-refractivity contribution is 5.99. The summed E-state index contributed by atoms with van der Waals surface area (Å²) >= 11 is 0. The number of nitrogens with two attached hydrogens (primary N) is 1. The summed E-state index contributed by atoms with van der Waals surface area (Å²) in [5.41, 5.74) is 5.90. The molecule has 0 fully saturated rings. The molecule has 1 aliphatic rings. The Bertz CT molecular complexity index is 506. The second-order valence-corrected chi connectivity index (χ2v) is 4.72. The number of nitrogens with one attached hydrogen (secondary N) is 2. The van der Waals surface area contributed by atoms with Crippen LogP contribution in [0.5, 0.6) is 5.75 Å². The van der Waals surface area contributed by atoms with Crippen molar-refractivity contribution in [3.05, 3.63) is 18.2 Å². The Labute approximate surface area is 104 Å². The topological polar surface area (TPSA) is 93.5 Å². The lowest BCUT2D eigenvalue weighted by Crippen LogP contribution is -2.45. The molecular weight excluding hydrogens is 234 g/mol. The van der Waals surface area contributed by atoms with Gasteiger partial charge in [-0.1, -0.05) is 0 Å². The molecule has 2 amide bonds. The molecule has 0 spiro atoms. The first-order chi connectivity index (χ1) is 8.36. The van der Waals surface area contributed by atoms with Crippen molar-refractivity contribution < 1.29 is 14.3 Å². The molecule has 1 aromatic rings. The molecule has 4 N–H and O–H groups in total. The van der Waals surface area contributed by atoms with Crippen molar-refractivity contribution in [3.63, 3.8) is 0 Å². The van der Waals surface area contributed by atoms with E-state index in [1.54, 1.807) is 32.0 Å². The number of benzene rings is 1. The highest BCUT2D eigenvalue weighted by atomic mass is 16.5. The highest BCUT2D eigenvalue weighted by Gasteiger charge is 2.22. The molecule has 0 bridgehead atoms. The summed E-state index contributed by atoms with van der Waals surface area (Å²) in [4.78, 5) is 22.8. The van der Waals surface area contributed by atoms with Gasteiger partial charge in [-0.25, -0.2) is 0 Å². The smallest absolute Gasteiger partial charge is 0.262 e. The maximum atomic E-state index is 11.7. The van der Waals surface area contributed by atoms with Crippen molar-refractivity contribution in [1.82, 2.24) is 0 Å². The standard InChI is InChI=1S/C12H15N3O3/c1-12(2,13)11(17)14-7-3-4-8-9(5-7)18-6-10(16)15-8/h3-5H,6,13H2,1-2H3,(H,14,17)(H,15,16). The average Bonchev–Trinajstić information content (AvgIpc) is 2.28. The van der Waals surface area contributed by atoms with Crippen LogP contribution in [-0.2, 0) is 9.59 Å². The number of anilines is 2. The maximum Gasteiger partial charge on any atom is 0.262 e. The van der Waals surface area contributed by atoms with Crippen LogP contribution in [0.25, 0.3) is 0 Å². The van der Waals surface area contributed by atoms with E-state index in [0.717, 1.165) is 0 Å². The molecule has 2 rings (SSSR count). The van der Waals surface area contributed by atoms with E-state index in [0.29, 0.717) is 17.1 Å². The zero-order chi connectivity index (χ0) is 13.3. The van der Waals surface area contributed by atoms with Crippen LogP contribution in [0.4, 0.5) is 11.4 Å². The minimum atomic E-state index is -0.953. The molecule has 1 aromatic carbocycles. The summed E-state index contributed by atoms with van der Waals surface area (Å²) in [5, 5.41) is 5.36. The summed E-state index contributed by atoms with van der Waals surface area (Å²) in [6.07, 6.45) is 0. The Hall–Kier alpha value is -2.08. The minimum Gasteiger partial charge on any atom is -0.482 e. The van der Waals surface area contributed by atoms with Crippen LogP contribution in [0.2, 0.25) is 0 Å². The lowest BCUT2D eigenvalue weighted by molar-refractivity contribution is -0.120. The summed E-state index contributed by atoms with van der Waals surface area (Å²) in [6.45, 7) is 3.22. The number of fused-ring (bicyclic) bond motifs is 1. The maximum absolute atomic E-state index is 11.7. The number of carbonyl (C=O) groups is 2. The van der Waals surface area contributed by atoms with E-state index >= 15 is 0 Å². The molecule has 0 radical (unpaired) electrons. The van der Waals surface area contributed by atoms with Gasteiger partial charge in [0.2, 0.25) is 5.91 Å². The molecule has 0 aromatic heterocycles. The Morgan fingerprint density at radius 2 is 2.22 bits per heavy atom. The van der Waals surface area contributed by atoms with E-state index in [-0.39, 0.29) is 18.4 Å². The number of amides is 2. The summed E-state index contributed by atoms with van der Waals surface area (Å²) in [6, 6.07) is 5.00. The molecule has 0 saturated heterocycles. The Morgan fingerprint density at radius 1 is 1.50 bits per heavy atom. The minimum absolute atomic E-state index is 0.0210. The van der Waals surface area contributed by atoms with Gasteiger partial charge in [-0.2, -0.15) is 0 Å². The molecule has 0 aliphatic carbocycles. The largest absolute Gasteiger partial charge is 0.482 e. The lowest BCUT2D eigenvalue weighted by atomic mass is 10.1. The number of ether oxygens (including phenoxy) is 1. The van der Waals surface area contributed by atoms with Gasteiger partial charge in [0.25, 0.3) is 5.91 Å². The first kappa shape index (κ1) is 12.4. The second kappa shape index (κ2) is 4.30. The van der Waals surface area contributed by atoms with Crippen LogP contribution in [0.1, 0.15) is 13.8 Å². The predicted octanol–water partition coefficient (Wildman–Crippen LogP) is 0.693. The zero-order valence-corrected chi connectivity index (χ0v) is 10.2. The molecule has 1 aliphatic heterocycles. The van der Waals surface area contributed by atoms with Crippen molar-refractivity contribution in [2.45, 2.75) is 19.4 Å². The third kappa shape index (κ3) is 2.60. The third-order valence-corrected chi connectivity index (χ3v) is 2.46. The monoisotopic (exact) mass is 249 g/mol. The van der Waals surface area contributed by atoms with Crippen LogP contribution in [0, 0.1) is 0 Å². The number of carbonyl (C=O) groups excluding carboxylic acids is 2. The van der Waals surface area contributed by atoms with Crippen molar-refractivity contribution in [3.8, 4) is 5.75 Å². The Morgan fingerprint density at radius 3 is 2.89 bits per heavy atom. The van der Waals surface area contributed by atoms with Crippen molar-refractivity contribution in [2.75, 3.05) is 17.2 Å². The van der Waals surface area contributed by atoms with Gasteiger partial charge < -0.3 is 21.1 Å². The van der Waals surface area contributed by atoms with Crippen LogP contribution >= 0.6 is 0 Å². The fourth-order valence-electron chi connectivity index (χ4n) is 1.44. The van der Waals surface area contributed by atoms with Gasteiger partial charge in [0.1, 0.15) is 5.75 Å². The molecule has 1 heterocycles. The molecule has 18 heavy (non-hydrogen) atoms. The van der Waals surface area contributed by atoms with Gasteiger partial charge >= 0.3 is 0 Å². The quantitative estimate of drug-likeness (QED) is 0.719. The number of rotatable bonds is 2. The van der Waals surface area contributed by atoms with Gasteiger partial charge in [-0.3, -0.25) is 9.59 Å². The highest BCUT2D eigenvalue weighted by Crippen LogP contribution is 2.30. The van der Waals surface area contributed by atoms with Crippen LogP contribution < -0.4 is 21.1 Å². The first-order valence-electron chi connectivity index (χ1n) is 5.53. The van der Waals surface area contributed by atoms with Crippen LogP contribution in [-0.4, -0.2) is 24.0 Å². The van der Waals surface area contributed by atoms with Gasteiger partial charge in [0.05, 0.1) is 11.2 Å². The van der Waals surface area contributed by atoms with E-state index in [9.17, 15) is 9.59 Å². The third-order valence-electron chi connectivity index (χ3n) is 2.46. The van der Waals surface area contributed by atoms with Gasteiger partial charge in [-0.05, 0) is 26.0 Å². The zero-order valence-electron chi connectivity index (χ0n) is 10.2. The molecule has 96 valence electrons. The number of hydrogen-bond donors (Lipinski definition) is 3. The summed E-state index contributed by atoms with van der Waals surface area (Å²) in [7, 11) is 0. The van der Waals surface area contributed by atoms with Gasteiger partial charge in [0, 0.05) is 11.8 Å². The van der Waals surface area contributed by atoms with Crippen molar-refractivity contribution in [1.29, 1.82) is 0 Å². The molecule has 6 nitrogen and oxygen atoms in total. The van der Waals surface area contributed by atoms with Gasteiger partial charge in [-0.15, -0.1) is 0 Å². The number of hydrogen-bond acceptors (Lipinski definition) is 4. The van der Waals surface area contributed by atoms with E-state index in [2.05, 4.69) is 10.6 Å². The Kier molecular flexibility index (Phi) is 2.96. The molecular formula is C12H15N3O3. The van der Waals surface area contributed by atoms with Crippen LogP contribution in [0.15, 0.2) is 18.2 Å². The van der Waals surface area contributed by atoms with Gasteiger partial charge in [0.15, 0.2) is 6.61 Å². The second-order valence-electron chi connectivity index (χ2n) is 4.72. The summed E-state index contributed by atoms with van der Waals surface area (Å²) in [5.74, 6) is 0.0481. The average molecular weight is 249 g/mol. The van der Waals surface area contributed by atoms with Crippen molar-refractivity contribution in [2.24, 2.45) is 5.73 Å². The fraction of sp³-hybridized carbons (Fsp3) is 0.333. The molecule has 0 saturated carbocycles. The van der Waals surface area contributed by atoms with Crippen LogP contribution in [0.3, 0.4) is 0 Å². The SMILES string of the molecule is CC(C)(N)C(=O)Nc1ccc2c(c1)OCC(=O)N2. The predicted molar refractivity (Wildman–Crippen MR) is 67.5 cm³/mol. The fourth-order valence-corrected chi connectivity index (χ4v) is 1.44. The Balaban J connectivity index is 2.17. The van der Waals surface area contributed by atoms with Crippen molar-refractivity contribution >= 4 is 23.2 Å². The van der Waals surface area contributed by atoms with E-state index in [1.807, 2.05) is 0 Å². The molecule has 0 atom stereocenters. The van der Waals surface area contributed by atoms with E-state index in [4.69, 9.17) is 10.5 Å². The lowest BCUT2D eigenvalue weighted by Gasteiger charge is -2.21. The molecule has 6 heteroatoms. The van der Waals surface area contributed by atoms with E-state index < -0.39 is 5.54 Å². The van der Waals surface area contributed by atoms with E-state index in [1.165, 1.54) is 0 Å².